The van der Waals surface area contributed by atoms with E-state index < -0.39 is 0 Å². The number of rotatable bonds is 6. The second-order valence-electron chi connectivity index (χ2n) is 5.14. The van der Waals surface area contributed by atoms with Crippen LogP contribution >= 0.6 is 0 Å². The average Bonchev–Trinajstić information content (AvgIpc) is 2.23. The van der Waals surface area contributed by atoms with Crippen LogP contribution in [-0.4, -0.2) is 6.04 Å². The van der Waals surface area contributed by atoms with Gasteiger partial charge in [-0.15, -0.1) is 0 Å². The molecule has 0 radical (unpaired) electrons. The Labute approximate surface area is 113 Å². The van der Waals surface area contributed by atoms with E-state index in [0.717, 1.165) is 28.0 Å². The molecule has 0 aliphatic heterocycles. The van der Waals surface area contributed by atoms with Crippen molar-refractivity contribution < 1.29 is 0 Å². The Kier molecular flexibility index (Phi) is 6.46. The van der Waals surface area contributed by atoms with Gasteiger partial charge in [-0.2, -0.15) is 0 Å². The summed E-state index contributed by atoms with van der Waals surface area (Å²) in [6.07, 6.45) is 2.14. The molecule has 0 spiro atoms. The monoisotopic (exact) mass is 245 g/mol. The highest BCUT2D eigenvalue weighted by molar-refractivity contribution is 5.46. The van der Waals surface area contributed by atoms with Crippen LogP contribution in [0.15, 0.2) is 59.4 Å². The van der Waals surface area contributed by atoms with Crippen LogP contribution in [0.4, 0.5) is 0 Å². The standard InChI is InChI=1S/C17H27N/c1-11(2)15(8)18-16(9)14(7)10-17(12(3)4)13(5)6/h10,15,18H,1,3,5H2,2,4,6-9H3/b16-14+. The highest BCUT2D eigenvalue weighted by atomic mass is 14.9. The quantitative estimate of drug-likeness (QED) is 0.517. The molecular weight excluding hydrogens is 218 g/mol. The van der Waals surface area contributed by atoms with Gasteiger partial charge in [-0.25, -0.2) is 0 Å². The topological polar surface area (TPSA) is 12.0 Å². The minimum atomic E-state index is 0.284. The maximum Gasteiger partial charge on any atom is 0.0437 e. The first-order valence-corrected chi connectivity index (χ1v) is 6.29. The minimum Gasteiger partial charge on any atom is -0.382 e. The van der Waals surface area contributed by atoms with Gasteiger partial charge in [-0.1, -0.05) is 36.5 Å². The summed E-state index contributed by atoms with van der Waals surface area (Å²) in [5.74, 6) is 0. The molecule has 0 heterocycles. The summed E-state index contributed by atoms with van der Waals surface area (Å²) in [5, 5.41) is 3.44. The molecule has 0 bridgehead atoms. The van der Waals surface area contributed by atoms with Crippen LogP contribution in [0.1, 0.15) is 41.5 Å². The van der Waals surface area contributed by atoms with Crippen molar-refractivity contribution >= 4 is 0 Å². The van der Waals surface area contributed by atoms with E-state index in [-0.39, 0.29) is 6.04 Å². The third kappa shape index (κ3) is 5.22. The fourth-order valence-corrected chi connectivity index (χ4v) is 1.50. The van der Waals surface area contributed by atoms with E-state index in [1.54, 1.807) is 0 Å². The van der Waals surface area contributed by atoms with Crippen molar-refractivity contribution in [2.24, 2.45) is 0 Å². The molecule has 0 fully saturated rings. The zero-order chi connectivity index (χ0) is 14.5. The maximum absolute atomic E-state index is 3.99. The predicted molar refractivity (Wildman–Crippen MR) is 83.5 cm³/mol. The highest BCUT2D eigenvalue weighted by Crippen LogP contribution is 2.19. The van der Waals surface area contributed by atoms with Crippen LogP contribution in [0.5, 0.6) is 0 Å². The molecule has 0 aromatic rings. The third-order valence-electron chi connectivity index (χ3n) is 3.04. The smallest absolute Gasteiger partial charge is 0.0437 e. The van der Waals surface area contributed by atoms with Crippen molar-refractivity contribution in [3.05, 3.63) is 59.4 Å². The summed E-state index contributed by atoms with van der Waals surface area (Å²) in [6, 6.07) is 0.284. The lowest BCUT2D eigenvalue weighted by molar-refractivity contribution is 0.690. The van der Waals surface area contributed by atoms with Crippen LogP contribution in [0.25, 0.3) is 0 Å². The van der Waals surface area contributed by atoms with Crippen molar-refractivity contribution in [1.29, 1.82) is 0 Å². The van der Waals surface area contributed by atoms with Crippen molar-refractivity contribution in [3.63, 3.8) is 0 Å². The highest BCUT2D eigenvalue weighted by Gasteiger charge is 2.04. The second kappa shape index (κ2) is 7.05. The lowest BCUT2D eigenvalue weighted by atomic mass is 9.99. The first-order valence-electron chi connectivity index (χ1n) is 6.29. The van der Waals surface area contributed by atoms with Crippen LogP contribution in [0, 0.1) is 0 Å². The van der Waals surface area contributed by atoms with Gasteiger partial charge in [0.2, 0.25) is 0 Å². The molecule has 1 N–H and O–H groups in total. The molecule has 1 atom stereocenters. The average molecular weight is 245 g/mol. The summed E-state index contributed by atoms with van der Waals surface area (Å²) >= 11 is 0. The van der Waals surface area contributed by atoms with Crippen molar-refractivity contribution in [3.8, 4) is 0 Å². The van der Waals surface area contributed by atoms with E-state index >= 15 is 0 Å². The molecule has 1 nitrogen and oxygen atoms in total. The Morgan fingerprint density at radius 1 is 0.944 bits per heavy atom. The van der Waals surface area contributed by atoms with E-state index in [1.165, 1.54) is 5.57 Å². The molecule has 0 amide bonds. The Morgan fingerprint density at radius 2 is 1.39 bits per heavy atom. The first-order chi connectivity index (χ1) is 8.16. The van der Waals surface area contributed by atoms with Gasteiger partial charge in [-0.3, -0.25) is 0 Å². The van der Waals surface area contributed by atoms with E-state index in [2.05, 4.69) is 51.9 Å². The van der Waals surface area contributed by atoms with Crippen molar-refractivity contribution in [1.82, 2.24) is 5.32 Å². The van der Waals surface area contributed by atoms with Crippen molar-refractivity contribution in [2.45, 2.75) is 47.6 Å². The Balaban J connectivity index is 5.17. The van der Waals surface area contributed by atoms with Gasteiger partial charge >= 0.3 is 0 Å². The zero-order valence-electron chi connectivity index (χ0n) is 12.8. The van der Waals surface area contributed by atoms with Gasteiger partial charge in [-0.05, 0) is 58.8 Å². The molecule has 1 heteroatoms. The fourth-order valence-electron chi connectivity index (χ4n) is 1.50. The zero-order valence-corrected chi connectivity index (χ0v) is 12.8. The Bertz CT molecular complexity index is 403. The fraction of sp³-hybridized carbons (Fsp3) is 0.412. The SMILES string of the molecule is C=C(C)C(=C/C(C)=C(\C)NC(C)C(=C)C)C(=C)C. The summed E-state index contributed by atoms with van der Waals surface area (Å²) in [4.78, 5) is 0. The lowest BCUT2D eigenvalue weighted by Gasteiger charge is -2.17. The molecule has 0 saturated carbocycles. The molecule has 18 heavy (non-hydrogen) atoms. The molecular formula is C17H27N. The Hall–Kier alpha value is -1.50. The number of nitrogens with one attached hydrogen (secondary N) is 1. The lowest BCUT2D eigenvalue weighted by Crippen LogP contribution is -2.25. The van der Waals surface area contributed by atoms with Crippen LogP contribution in [0.3, 0.4) is 0 Å². The molecule has 0 saturated heterocycles. The molecule has 0 aromatic heterocycles. The third-order valence-corrected chi connectivity index (χ3v) is 3.04. The van der Waals surface area contributed by atoms with Gasteiger partial charge in [0.15, 0.2) is 0 Å². The van der Waals surface area contributed by atoms with Gasteiger partial charge in [0.1, 0.15) is 0 Å². The molecule has 0 rings (SSSR count). The summed E-state index contributed by atoms with van der Waals surface area (Å²) in [6.45, 7) is 24.3. The predicted octanol–water partition coefficient (Wildman–Crippen LogP) is 4.91. The van der Waals surface area contributed by atoms with Gasteiger partial charge in [0, 0.05) is 11.7 Å². The van der Waals surface area contributed by atoms with E-state index in [4.69, 9.17) is 0 Å². The normalized spacial score (nSPS) is 13.2. The van der Waals surface area contributed by atoms with Crippen molar-refractivity contribution in [2.75, 3.05) is 0 Å². The van der Waals surface area contributed by atoms with E-state index in [9.17, 15) is 0 Å². The maximum atomic E-state index is 3.99. The Morgan fingerprint density at radius 3 is 1.72 bits per heavy atom. The molecule has 1 unspecified atom stereocenters. The van der Waals surface area contributed by atoms with E-state index in [1.807, 2.05) is 20.8 Å². The largest absolute Gasteiger partial charge is 0.382 e. The first kappa shape index (κ1) is 16.5. The molecule has 0 aliphatic rings. The number of allylic oxidation sites excluding steroid dienone is 6. The summed E-state index contributed by atoms with van der Waals surface area (Å²) < 4.78 is 0. The van der Waals surface area contributed by atoms with Gasteiger partial charge in [0.05, 0.1) is 0 Å². The molecule has 0 aliphatic carbocycles. The van der Waals surface area contributed by atoms with E-state index in [0.29, 0.717) is 0 Å². The summed E-state index contributed by atoms with van der Waals surface area (Å²) in [7, 11) is 0. The van der Waals surface area contributed by atoms with Crippen LogP contribution < -0.4 is 5.32 Å². The number of hydrogen-bond donors (Lipinski definition) is 1. The van der Waals surface area contributed by atoms with Crippen LogP contribution in [-0.2, 0) is 0 Å². The van der Waals surface area contributed by atoms with Crippen LogP contribution in [0.2, 0.25) is 0 Å². The minimum absolute atomic E-state index is 0.284. The van der Waals surface area contributed by atoms with Gasteiger partial charge < -0.3 is 5.32 Å². The van der Waals surface area contributed by atoms with Gasteiger partial charge in [0.25, 0.3) is 0 Å². The number of hydrogen-bond acceptors (Lipinski definition) is 1. The second-order valence-corrected chi connectivity index (χ2v) is 5.14. The molecule has 100 valence electrons. The molecule has 0 aromatic carbocycles. The summed E-state index contributed by atoms with van der Waals surface area (Å²) in [5.41, 5.74) is 6.70.